The molecule has 0 saturated heterocycles. The molecule has 0 aromatic heterocycles. The zero-order chi connectivity index (χ0) is 11.1. The molecule has 0 unspecified atom stereocenters. The zero-order valence-electron chi connectivity index (χ0n) is 8.72. The van der Waals surface area contributed by atoms with Gasteiger partial charge in [0.2, 0.25) is 0 Å². The van der Waals surface area contributed by atoms with E-state index in [1.807, 2.05) is 0 Å². The standard InChI is InChI=1S/C11H17NO3/c12-6-2-1-3-11(14)15-8-10-5-4-9(10)7-13/h2,6-7,9-10H,1,3-5,8,12H2/b6-2-/t9-,10-/m0/s1. The van der Waals surface area contributed by atoms with Crippen LogP contribution in [0.3, 0.4) is 0 Å². The summed E-state index contributed by atoms with van der Waals surface area (Å²) in [6.45, 7) is 0.384. The number of hydrogen-bond donors (Lipinski definition) is 1. The van der Waals surface area contributed by atoms with E-state index in [0.29, 0.717) is 19.4 Å². The maximum Gasteiger partial charge on any atom is 0.306 e. The van der Waals surface area contributed by atoms with Crippen LogP contribution in [-0.4, -0.2) is 18.9 Å². The SMILES string of the molecule is N/C=C\CCC(=O)OC[C@@H]1CC[C@H]1C=O. The van der Waals surface area contributed by atoms with E-state index in [0.717, 1.165) is 19.1 Å². The van der Waals surface area contributed by atoms with Gasteiger partial charge in [-0.1, -0.05) is 6.08 Å². The van der Waals surface area contributed by atoms with Crippen molar-refractivity contribution in [2.75, 3.05) is 6.61 Å². The molecule has 1 aliphatic carbocycles. The molecule has 0 spiro atoms. The van der Waals surface area contributed by atoms with E-state index in [1.54, 1.807) is 6.08 Å². The predicted octanol–water partition coefficient (Wildman–Crippen LogP) is 1.01. The molecule has 15 heavy (non-hydrogen) atoms. The number of esters is 1. The predicted molar refractivity (Wildman–Crippen MR) is 55.8 cm³/mol. The van der Waals surface area contributed by atoms with E-state index in [1.165, 1.54) is 6.20 Å². The number of hydrogen-bond acceptors (Lipinski definition) is 4. The molecule has 0 amide bonds. The summed E-state index contributed by atoms with van der Waals surface area (Å²) in [7, 11) is 0. The van der Waals surface area contributed by atoms with Gasteiger partial charge < -0.3 is 15.3 Å². The fourth-order valence-electron chi connectivity index (χ4n) is 1.55. The Hall–Kier alpha value is -1.32. The second kappa shape index (κ2) is 6.22. The van der Waals surface area contributed by atoms with Crippen LogP contribution in [0.1, 0.15) is 25.7 Å². The quantitative estimate of drug-likeness (QED) is 0.525. The Kier molecular flexibility index (Phi) is 4.87. The second-order valence-electron chi connectivity index (χ2n) is 3.79. The lowest BCUT2D eigenvalue weighted by Crippen LogP contribution is -2.31. The molecule has 4 heteroatoms. The van der Waals surface area contributed by atoms with E-state index in [4.69, 9.17) is 10.5 Å². The van der Waals surface area contributed by atoms with Gasteiger partial charge >= 0.3 is 5.97 Å². The largest absolute Gasteiger partial charge is 0.465 e. The number of aldehydes is 1. The Labute approximate surface area is 89.5 Å². The summed E-state index contributed by atoms with van der Waals surface area (Å²) in [6.07, 6.45) is 6.98. The van der Waals surface area contributed by atoms with Gasteiger partial charge in [0.25, 0.3) is 0 Å². The van der Waals surface area contributed by atoms with Crippen LogP contribution < -0.4 is 5.73 Å². The fourth-order valence-corrected chi connectivity index (χ4v) is 1.55. The third-order valence-corrected chi connectivity index (χ3v) is 2.76. The summed E-state index contributed by atoms with van der Waals surface area (Å²) in [5, 5.41) is 0. The average Bonchev–Trinajstić information content (AvgIpc) is 2.17. The zero-order valence-corrected chi connectivity index (χ0v) is 8.72. The van der Waals surface area contributed by atoms with Crippen molar-refractivity contribution in [2.24, 2.45) is 17.6 Å². The van der Waals surface area contributed by atoms with Gasteiger partial charge in [-0.2, -0.15) is 0 Å². The normalized spacial score (nSPS) is 24.8. The Bertz CT molecular complexity index is 250. The van der Waals surface area contributed by atoms with Crippen LogP contribution in [0.4, 0.5) is 0 Å². The first-order valence-electron chi connectivity index (χ1n) is 5.25. The number of rotatable bonds is 6. The van der Waals surface area contributed by atoms with Gasteiger partial charge in [-0.15, -0.1) is 0 Å². The molecule has 1 aliphatic rings. The van der Waals surface area contributed by atoms with E-state index in [-0.39, 0.29) is 17.8 Å². The lowest BCUT2D eigenvalue weighted by molar-refractivity contribution is -0.147. The molecule has 1 saturated carbocycles. The number of ether oxygens (including phenoxy) is 1. The lowest BCUT2D eigenvalue weighted by Gasteiger charge is -2.31. The maximum absolute atomic E-state index is 11.2. The van der Waals surface area contributed by atoms with Crippen molar-refractivity contribution in [3.05, 3.63) is 12.3 Å². The molecule has 4 nitrogen and oxygen atoms in total. The van der Waals surface area contributed by atoms with Gasteiger partial charge in [-0.3, -0.25) is 4.79 Å². The summed E-state index contributed by atoms with van der Waals surface area (Å²) in [5.41, 5.74) is 5.13. The minimum Gasteiger partial charge on any atom is -0.465 e. The minimum atomic E-state index is -0.218. The van der Waals surface area contributed by atoms with Crippen LogP contribution >= 0.6 is 0 Å². The maximum atomic E-state index is 11.2. The van der Waals surface area contributed by atoms with Crippen molar-refractivity contribution < 1.29 is 14.3 Å². The Morgan fingerprint density at radius 2 is 2.27 bits per heavy atom. The molecule has 1 rings (SSSR count). The first-order valence-corrected chi connectivity index (χ1v) is 5.25. The van der Waals surface area contributed by atoms with Gasteiger partial charge in [0, 0.05) is 18.3 Å². The minimum absolute atomic E-state index is 0.0988. The second-order valence-corrected chi connectivity index (χ2v) is 3.79. The highest BCUT2D eigenvalue weighted by atomic mass is 16.5. The number of carbonyl (C=O) groups is 2. The van der Waals surface area contributed by atoms with Gasteiger partial charge in [-0.05, 0) is 25.5 Å². The van der Waals surface area contributed by atoms with Crippen LogP contribution in [0.5, 0.6) is 0 Å². The van der Waals surface area contributed by atoms with Crippen molar-refractivity contribution in [1.82, 2.24) is 0 Å². The molecule has 2 N–H and O–H groups in total. The van der Waals surface area contributed by atoms with Gasteiger partial charge in [0.15, 0.2) is 0 Å². The molecule has 0 bridgehead atoms. The first kappa shape index (κ1) is 11.8. The highest BCUT2D eigenvalue weighted by Gasteiger charge is 2.31. The van der Waals surface area contributed by atoms with Crippen molar-refractivity contribution >= 4 is 12.3 Å². The molecule has 2 atom stereocenters. The topological polar surface area (TPSA) is 69.4 Å². The summed E-state index contributed by atoms with van der Waals surface area (Å²) < 4.78 is 5.05. The third-order valence-electron chi connectivity index (χ3n) is 2.76. The first-order chi connectivity index (χ1) is 7.27. The summed E-state index contributed by atoms with van der Waals surface area (Å²) in [4.78, 5) is 21.7. The van der Waals surface area contributed by atoms with Crippen LogP contribution in [0.2, 0.25) is 0 Å². The molecular formula is C11H17NO3. The number of carbonyl (C=O) groups excluding carboxylic acids is 2. The van der Waals surface area contributed by atoms with E-state index >= 15 is 0 Å². The van der Waals surface area contributed by atoms with Crippen molar-refractivity contribution in [3.8, 4) is 0 Å². The van der Waals surface area contributed by atoms with Crippen LogP contribution in [-0.2, 0) is 14.3 Å². The highest BCUT2D eigenvalue weighted by Crippen LogP contribution is 2.32. The van der Waals surface area contributed by atoms with E-state index in [9.17, 15) is 9.59 Å². The van der Waals surface area contributed by atoms with Crippen LogP contribution in [0, 0.1) is 11.8 Å². The van der Waals surface area contributed by atoms with Gasteiger partial charge in [0.05, 0.1) is 6.61 Å². The summed E-state index contributed by atoms with van der Waals surface area (Å²) in [6, 6.07) is 0. The van der Waals surface area contributed by atoms with E-state index in [2.05, 4.69) is 0 Å². The molecule has 0 heterocycles. The number of allylic oxidation sites excluding steroid dienone is 1. The summed E-state index contributed by atoms with van der Waals surface area (Å²) >= 11 is 0. The van der Waals surface area contributed by atoms with Crippen LogP contribution in [0.15, 0.2) is 12.3 Å². The Morgan fingerprint density at radius 1 is 1.47 bits per heavy atom. The monoisotopic (exact) mass is 211 g/mol. The molecule has 84 valence electrons. The molecule has 0 radical (unpaired) electrons. The molecule has 0 aliphatic heterocycles. The average molecular weight is 211 g/mol. The molecule has 0 aromatic rings. The summed E-state index contributed by atoms with van der Waals surface area (Å²) in [5.74, 6) is 0.128. The fraction of sp³-hybridized carbons (Fsp3) is 0.636. The number of nitrogens with two attached hydrogens (primary N) is 1. The van der Waals surface area contributed by atoms with Crippen molar-refractivity contribution in [3.63, 3.8) is 0 Å². The smallest absolute Gasteiger partial charge is 0.306 e. The Balaban J connectivity index is 2.08. The molecule has 0 aromatic carbocycles. The van der Waals surface area contributed by atoms with Gasteiger partial charge in [-0.25, -0.2) is 0 Å². The third kappa shape index (κ3) is 3.73. The lowest BCUT2D eigenvalue weighted by atomic mass is 9.75. The van der Waals surface area contributed by atoms with Crippen molar-refractivity contribution in [2.45, 2.75) is 25.7 Å². The Morgan fingerprint density at radius 3 is 2.80 bits per heavy atom. The van der Waals surface area contributed by atoms with Crippen LogP contribution in [0.25, 0.3) is 0 Å². The molecule has 1 fully saturated rings. The highest BCUT2D eigenvalue weighted by molar-refractivity contribution is 5.69. The van der Waals surface area contributed by atoms with Crippen molar-refractivity contribution in [1.29, 1.82) is 0 Å². The molecular weight excluding hydrogens is 194 g/mol. The van der Waals surface area contributed by atoms with E-state index < -0.39 is 0 Å². The van der Waals surface area contributed by atoms with Gasteiger partial charge in [0.1, 0.15) is 6.29 Å².